The molecule has 0 aliphatic carbocycles. The number of morpholine rings is 1. The summed E-state index contributed by atoms with van der Waals surface area (Å²) in [6.45, 7) is 2.00. The summed E-state index contributed by atoms with van der Waals surface area (Å²) >= 11 is 0. The molecule has 3 rings (SSSR count). The zero-order valence-corrected chi connectivity index (χ0v) is 11.9. The van der Waals surface area contributed by atoms with E-state index in [9.17, 15) is 4.79 Å². The van der Waals surface area contributed by atoms with E-state index in [1.54, 1.807) is 6.20 Å². The average molecular weight is 287 g/mol. The van der Waals surface area contributed by atoms with Crippen molar-refractivity contribution in [2.24, 2.45) is 0 Å². The molecule has 1 aliphatic rings. The van der Waals surface area contributed by atoms with Crippen molar-refractivity contribution in [3.05, 3.63) is 30.5 Å². The molecule has 6 heteroatoms. The van der Waals surface area contributed by atoms with Crippen LogP contribution in [0.1, 0.15) is 6.42 Å². The maximum Gasteiger partial charge on any atom is 0.308 e. The zero-order valence-electron chi connectivity index (χ0n) is 11.9. The number of aromatic nitrogens is 2. The van der Waals surface area contributed by atoms with Gasteiger partial charge in [0.15, 0.2) is 0 Å². The Morgan fingerprint density at radius 1 is 1.48 bits per heavy atom. The predicted molar refractivity (Wildman–Crippen MR) is 78.1 cm³/mol. The van der Waals surface area contributed by atoms with E-state index in [1.165, 1.54) is 7.11 Å². The highest BCUT2D eigenvalue weighted by Crippen LogP contribution is 2.26. The Hall–Kier alpha value is -2.21. The van der Waals surface area contributed by atoms with E-state index < -0.39 is 0 Å². The number of ether oxygens (including phenoxy) is 2. The first-order chi connectivity index (χ1) is 10.3. The van der Waals surface area contributed by atoms with Gasteiger partial charge >= 0.3 is 5.97 Å². The topological polar surface area (TPSA) is 64.5 Å². The van der Waals surface area contributed by atoms with Gasteiger partial charge in [-0.1, -0.05) is 18.2 Å². The number of rotatable bonds is 3. The summed E-state index contributed by atoms with van der Waals surface area (Å²) in [4.78, 5) is 13.6. The normalized spacial score (nSPS) is 18.7. The highest BCUT2D eigenvalue weighted by atomic mass is 16.5. The second kappa shape index (κ2) is 6.05. The van der Waals surface area contributed by atoms with Crippen LogP contribution in [0.15, 0.2) is 30.5 Å². The quantitative estimate of drug-likeness (QED) is 0.795. The maximum absolute atomic E-state index is 11.4. The Morgan fingerprint density at radius 2 is 2.33 bits per heavy atom. The predicted octanol–water partition coefficient (Wildman–Crippen LogP) is 1.40. The van der Waals surface area contributed by atoms with Gasteiger partial charge in [-0.05, 0) is 6.07 Å². The van der Waals surface area contributed by atoms with E-state index >= 15 is 0 Å². The van der Waals surface area contributed by atoms with Gasteiger partial charge in [0.25, 0.3) is 0 Å². The lowest BCUT2D eigenvalue weighted by Gasteiger charge is -2.34. The number of methoxy groups -OCH3 is 1. The number of nitrogens with zero attached hydrogens (tertiary/aromatic N) is 3. The Labute approximate surface area is 122 Å². The van der Waals surface area contributed by atoms with E-state index in [-0.39, 0.29) is 18.5 Å². The molecule has 0 radical (unpaired) electrons. The maximum atomic E-state index is 11.4. The van der Waals surface area contributed by atoms with E-state index in [1.807, 2.05) is 24.3 Å². The fraction of sp³-hybridized carbons (Fsp3) is 0.400. The highest BCUT2D eigenvalue weighted by molar-refractivity contribution is 5.90. The van der Waals surface area contributed by atoms with Crippen LogP contribution in [0.2, 0.25) is 0 Å². The van der Waals surface area contributed by atoms with E-state index in [0.717, 1.165) is 23.1 Å². The van der Waals surface area contributed by atoms with Crippen molar-refractivity contribution in [2.45, 2.75) is 12.5 Å². The Kier molecular flexibility index (Phi) is 3.96. The molecule has 0 bridgehead atoms. The van der Waals surface area contributed by atoms with Gasteiger partial charge in [-0.15, -0.1) is 0 Å². The van der Waals surface area contributed by atoms with Crippen molar-refractivity contribution >= 4 is 22.6 Å². The minimum absolute atomic E-state index is 0.155. The SMILES string of the molecule is COC(=O)CC1CN(c2cnnc3ccccc23)CCO1. The number of hydrogen-bond donors (Lipinski definition) is 0. The van der Waals surface area contributed by atoms with Gasteiger partial charge in [0.05, 0.1) is 43.6 Å². The Balaban J connectivity index is 1.83. The molecule has 1 unspecified atom stereocenters. The monoisotopic (exact) mass is 287 g/mol. The molecule has 1 atom stereocenters. The first-order valence-corrected chi connectivity index (χ1v) is 6.91. The summed E-state index contributed by atoms with van der Waals surface area (Å²) < 4.78 is 10.3. The number of carbonyl (C=O) groups excluding carboxylic acids is 1. The van der Waals surface area contributed by atoms with Gasteiger partial charge < -0.3 is 14.4 Å². The first-order valence-electron chi connectivity index (χ1n) is 6.91. The van der Waals surface area contributed by atoms with Gasteiger partial charge in [-0.2, -0.15) is 10.2 Å². The lowest BCUT2D eigenvalue weighted by molar-refractivity contribution is -0.144. The molecule has 0 spiro atoms. The smallest absolute Gasteiger partial charge is 0.308 e. The van der Waals surface area contributed by atoms with Gasteiger partial charge in [0.1, 0.15) is 0 Å². The van der Waals surface area contributed by atoms with Crippen LogP contribution in [0.3, 0.4) is 0 Å². The van der Waals surface area contributed by atoms with Gasteiger partial charge in [-0.3, -0.25) is 4.79 Å². The second-order valence-electron chi connectivity index (χ2n) is 4.97. The second-order valence-corrected chi connectivity index (χ2v) is 4.97. The third-order valence-corrected chi connectivity index (χ3v) is 3.63. The number of esters is 1. The van der Waals surface area contributed by atoms with Crippen molar-refractivity contribution in [1.29, 1.82) is 0 Å². The van der Waals surface area contributed by atoms with Gasteiger partial charge in [0, 0.05) is 18.5 Å². The fourth-order valence-corrected chi connectivity index (χ4v) is 2.58. The van der Waals surface area contributed by atoms with Crippen molar-refractivity contribution in [1.82, 2.24) is 10.2 Å². The van der Waals surface area contributed by atoms with Crippen LogP contribution >= 0.6 is 0 Å². The van der Waals surface area contributed by atoms with E-state index in [2.05, 4.69) is 15.1 Å². The summed E-state index contributed by atoms with van der Waals surface area (Å²) in [5, 5.41) is 9.26. The molecule has 1 aromatic heterocycles. The molecule has 1 aliphatic heterocycles. The van der Waals surface area contributed by atoms with Crippen LogP contribution in [0, 0.1) is 0 Å². The molecule has 1 aromatic carbocycles. The Morgan fingerprint density at radius 3 is 3.19 bits per heavy atom. The minimum Gasteiger partial charge on any atom is -0.469 e. The summed E-state index contributed by atoms with van der Waals surface area (Å²) in [5.74, 6) is -0.250. The van der Waals surface area contributed by atoms with Crippen molar-refractivity contribution in [2.75, 3.05) is 31.7 Å². The third-order valence-electron chi connectivity index (χ3n) is 3.63. The molecule has 1 fully saturated rings. The van der Waals surface area contributed by atoms with E-state index in [0.29, 0.717) is 13.2 Å². The molecule has 2 aromatic rings. The van der Waals surface area contributed by atoms with Crippen LogP contribution in [0.4, 0.5) is 5.69 Å². The molecule has 110 valence electrons. The lowest BCUT2D eigenvalue weighted by atomic mass is 10.1. The molecule has 6 nitrogen and oxygen atoms in total. The van der Waals surface area contributed by atoms with Crippen molar-refractivity contribution in [3.63, 3.8) is 0 Å². The lowest BCUT2D eigenvalue weighted by Crippen LogP contribution is -2.43. The molecule has 0 amide bonds. The first kappa shape index (κ1) is 13.8. The summed E-state index contributed by atoms with van der Waals surface area (Å²) in [7, 11) is 1.39. The molecular weight excluding hydrogens is 270 g/mol. The molecular formula is C15H17N3O3. The number of hydrogen-bond acceptors (Lipinski definition) is 6. The van der Waals surface area contributed by atoms with Crippen LogP contribution in [-0.2, 0) is 14.3 Å². The molecule has 21 heavy (non-hydrogen) atoms. The van der Waals surface area contributed by atoms with Crippen molar-refractivity contribution < 1.29 is 14.3 Å². The van der Waals surface area contributed by atoms with Crippen LogP contribution in [-0.4, -0.2) is 49.1 Å². The number of fused-ring (bicyclic) bond motifs is 1. The van der Waals surface area contributed by atoms with E-state index in [4.69, 9.17) is 9.47 Å². The van der Waals surface area contributed by atoms with Gasteiger partial charge in [0.2, 0.25) is 0 Å². The molecule has 1 saturated heterocycles. The Bertz CT molecular complexity index is 642. The van der Waals surface area contributed by atoms with Crippen LogP contribution in [0.25, 0.3) is 10.9 Å². The zero-order chi connectivity index (χ0) is 14.7. The number of carbonyl (C=O) groups is 1. The molecule has 0 N–H and O–H groups in total. The number of anilines is 1. The fourth-order valence-electron chi connectivity index (χ4n) is 2.58. The summed E-state index contributed by atoms with van der Waals surface area (Å²) in [6, 6.07) is 7.91. The summed E-state index contributed by atoms with van der Waals surface area (Å²) in [5.41, 5.74) is 1.89. The third kappa shape index (κ3) is 2.95. The number of benzene rings is 1. The van der Waals surface area contributed by atoms with Crippen molar-refractivity contribution in [3.8, 4) is 0 Å². The molecule has 0 saturated carbocycles. The average Bonchev–Trinajstić information content (AvgIpc) is 2.54. The molecule has 2 heterocycles. The van der Waals surface area contributed by atoms with Crippen LogP contribution in [0.5, 0.6) is 0 Å². The standard InChI is InChI=1S/C15H17N3O3/c1-20-15(19)8-11-10-18(6-7-21-11)14-9-16-17-13-5-3-2-4-12(13)14/h2-5,9,11H,6-8,10H2,1H3. The minimum atomic E-state index is -0.250. The largest absolute Gasteiger partial charge is 0.469 e. The van der Waals surface area contributed by atoms with Crippen LogP contribution < -0.4 is 4.90 Å². The summed E-state index contributed by atoms with van der Waals surface area (Å²) in [6.07, 6.45) is 1.88. The highest BCUT2D eigenvalue weighted by Gasteiger charge is 2.24. The van der Waals surface area contributed by atoms with Gasteiger partial charge in [-0.25, -0.2) is 0 Å².